The van der Waals surface area contributed by atoms with E-state index in [9.17, 15) is 9.59 Å². The highest BCUT2D eigenvalue weighted by Crippen LogP contribution is 2.30. The fraction of sp³-hybridized carbons (Fsp3) is 0.0833. The maximum Gasteiger partial charge on any atom is 0.273 e. The largest absolute Gasteiger partial charge is 0.482 e. The molecule has 0 saturated heterocycles. The molecule has 1 aromatic carbocycles. The van der Waals surface area contributed by atoms with E-state index in [0.717, 1.165) is 0 Å². The Kier molecular flexibility index (Phi) is 2.64. The number of hydrogen-bond donors (Lipinski definition) is 3. The van der Waals surface area contributed by atoms with E-state index < -0.39 is 0 Å². The minimum absolute atomic E-state index is 0.00680. The second-order valence-corrected chi connectivity index (χ2v) is 3.97. The second-order valence-electron chi connectivity index (χ2n) is 3.97. The summed E-state index contributed by atoms with van der Waals surface area (Å²) in [4.78, 5) is 23.0. The van der Waals surface area contributed by atoms with Crippen LogP contribution in [0.2, 0.25) is 0 Å². The quantitative estimate of drug-likeness (QED) is 0.748. The zero-order chi connectivity index (χ0) is 13.2. The average molecular weight is 258 g/mol. The van der Waals surface area contributed by atoms with Crippen LogP contribution >= 0.6 is 0 Å². The van der Waals surface area contributed by atoms with Gasteiger partial charge in [-0.15, -0.1) is 0 Å². The smallest absolute Gasteiger partial charge is 0.273 e. The van der Waals surface area contributed by atoms with E-state index in [2.05, 4.69) is 20.8 Å². The molecule has 96 valence electrons. The molecule has 0 radical (unpaired) electrons. The van der Waals surface area contributed by atoms with Gasteiger partial charge in [-0.05, 0) is 24.3 Å². The summed E-state index contributed by atoms with van der Waals surface area (Å²) in [6.45, 7) is 0.00680. The fourth-order valence-corrected chi connectivity index (χ4v) is 1.74. The van der Waals surface area contributed by atoms with Crippen molar-refractivity contribution in [2.45, 2.75) is 0 Å². The number of carbonyl (C=O) groups excluding carboxylic acids is 2. The van der Waals surface area contributed by atoms with Crippen LogP contribution in [0.3, 0.4) is 0 Å². The molecule has 3 rings (SSSR count). The number of hydrogen-bond acceptors (Lipinski definition) is 4. The molecule has 19 heavy (non-hydrogen) atoms. The summed E-state index contributed by atoms with van der Waals surface area (Å²) in [6, 6.07) is 6.60. The molecule has 0 unspecified atom stereocenters. The summed E-state index contributed by atoms with van der Waals surface area (Å²) in [5, 5.41) is 11.6. The van der Waals surface area contributed by atoms with E-state index in [1.54, 1.807) is 24.3 Å². The van der Waals surface area contributed by atoms with Crippen molar-refractivity contribution in [2.75, 3.05) is 17.2 Å². The van der Waals surface area contributed by atoms with Crippen molar-refractivity contribution in [3.8, 4) is 5.75 Å². The summed E-state index contributed by atoms with van der Waals surface area (Å²) >= 11 is 0. The number of aromatic nitrogens is 2. The molecule has 0 fully saturated rings. The molecule has 0 aliphatic carbocycles. The molecule has 0 spiro atoms. The Bertz CT molecular complexity index is 636. The number of H-pyrrole nitrogens is 1. The standard InChI is InChI=1S/C12H10N4O3/c17-11-6-19-10-2-1-7(5-9(10)15-11)14-12(18)8-3-4-13-16-8/h1-5H,6H2,(H,13,16)(H,14,18)(H,15,17). The van der Waals surface area contributed by atoms with Crippen LogP contribution in [0.15, 0.2) is 30.5 Å². The van der Waals surface area contributed by atoms with Gasteiger partial charge < -0.3 is 15.4 Å². The van der Waals surface area contributed by atoms with Crippen molar-refractivity contribution < 1.29 is 14.3 Å². The zero-order valence-electron chi connectivity index (χ0n) is 9.77. The maximum atomic E-state index is 11.8. The van der Waals surface area contributed by atoms with Gasteiger partial charge in [0.1, 0.15) is 11.4 Å². The lowest BCUT2D eigenvalue weighted by molar-refractivity contribution is -0.118. The first-order valence-corrected chi connectivity index (χ1v) is 5.60. The molecular formula is C12H10N4O3. The van der Waals surface area contributed by atoms with E-state index in [0.29, 0.717) is 22.8 Å². The lowest BCUT2D eigenvalue weighted by Gasteiger charge is -2.18. The molecule has 2 heterocycles. The van der Waals surface area contributed by atoms with Crippen molar-refractivity contribution in [1.29, 1.82) is 0 Å². The van der Waals surface area contributed by atoms with Gasteiger partial charge in [0.05, 0.1) is 5.69 Å². The summed E-state index contributed by atoms with van der Waals surface area (Å²) in [5.74, 6) is 0.0594. The number of anilines is 2. The number of fused-ring (bicyclic) bond motifs is 1. The Morgan fingerprint density at radius 2 is 2.26 bits per heavy atom. The van der Waals surface area contributed by atoms with Crippen LogP contribution in [0.5, 0.6) is 5.75 Å². The van der Waals surface area contributed by atoms with Gasteiger partial charge in [0, 0.05) is 11.9 Å². The molecule has 0 atom stereocenters. The molecule has 0 bridgehead atoms. The van der Waals surface area contributed by atoms with Crippen LogP contribution in [0.4, 0.5) is 11.4 Å². The summed E-state index contributed by atoms with van der Waals surface area (Å²) in [7, 11) is 0. The maximum absolute atomic E-state index is 11.8. The molecule has 7 heteroatoms. The van der Waals surface area contributed by atoms with Gasteiger partial charge in [-0.3, -0.25) is 14.7 Å². The molecule has 2 aromatic rings. The van der Waals surface area contributed by atoms with Gasteiger partial charge >= 0.3 is 0 Å². The van der Waals surface area contributed by atoms with Crippen molar-refractivity contribution in [3.05, 3.63) is 36.2 Å². The van der Waals surface area contributed by atoms with E-state index >= 15 is 0 Å². The second kappa shape index (κ2) is 4.45. The lowest BCUT2D eigenvalue weighted by atomic mass is 10.2. The number of nitrogens with one attached hydrogen (secondary N) is 3. The van der Waals surface area contributed by atoms with Crippen molar-refractivity contribution in [2.24, 2.45) is 0 Å². The molecule has 7 nitrogen and oxygen atoms in total. The van der Waals surface area contributed by atoms with E-state index in [4.69, 9.17) is 4.74 Å². The summed E-state index contributed by atoms with van der Waals surface area (Å²) in [6.07, 6.45) is 1.50. The van der Waals surface area contributed by atoms with Crippen LogP contribution in [-0.4, -0.2) is 28.6 Å². The van der Waals surface area contributed by atoms with Crippen LogP contribution in [-0.2, 0) is 4.79 Å². The van der Waals surface area contributed by atoms with Crippen LogP contribution in [0.1, 0.15) is 10.5 Å². The van der Waals surface area contributed by atoms with Crippen molar-refractivity contribution in [3.63, 3.8) is 0 Å². The first-order chi connectivity index (χ1) is 9.22. The molecule has 0 saturated carbocycles. The normalized spacial score (nSPS) is 13.2. The Hall–Kier alpha value is -2.83. The predicted octanol–water partition coefficient (Wildman–Crippen LogP) is 0.993. The minimum atomic E-state index is -0.305. The van der Waals surface area contributed by atoms with Gasteiger partial charge in [-0.1, -0.05) is 0 Å². The third-order valence-electron chi connectivity index (χ3n) is 2.62. The molecule has 2 amide bonds. The Morgan fingerprint density at radius 1 is 1.37 bits per heavy atom. The van der Waals surface area contributed by atoms with Crippen LogP contribution in [0, 0.1) is 0 Å². The highest BCUT2D eigenvalue weighted by Gasteiger charge is 2.16. The van der Waals surface area contributed by atoms with Gasteiger partial charge in [0.2, 0.25) is 0 Å². The monoisotopic (exact) mass is 258 g/mol. The number of amides is 2. The molecular weight excluding hydrogens is 248 g/mol. The van der Waals surface area contributed by atoms with Crippen molar-refractivity contribution >= 4 is 23.2 Å². The van der Waals surface area contributed by atoms with E-state index in [1.807, 2.05) is 0 Å². The third-order valence-corrected chi connectivity index (χ3v) is 2.62. The lowest BCUT2D eigenvalue weighted by Crippen LogP contribution is -2.25. The SMILES string of the molecule is O=C1COc2ccc(NC(=O)c3ccn[nH]3)cc2N1. The number of ether oxygens (including phenoxy) is 1. The Morgan fingerprint density at radius 3 is 3.05 bits per heavy atom. The van der Waals surface area contributed by atoms with Crippen LogP contribution < -0.4 is 15.4 Å². The topological polar surface area (TPSA) is 96.1 Å². The average Bonchev–Trinajstić information content (AvgIpc) is 2.92. The third kappa shape index (κ3) is 2.25. The van der Waals surface area contributed by atoms with Gasteiger partial charge in [-0.25, -0.2) is 0 Å². The highest BCUT2D eigenvalue weighted by molar-refractivity contribution is 6.03. The number of nitrogens with zero attached hydrogens (tertiary/aromatic N) is 1. The highest BCUT2D eigenvalue weighted by atomic mass is 16.5. The molecule has 1 aromatic heterocycles. The first-order valence-electron chi connectivity index (χ1n) is 5.60. The summed E-state index contributed by atoms with van der Waals surface area (Å²) in [5.41, 5.74) is 1.46. The van der Waals surface area contributed by atoms with Crippen LogP contribution in [0.25, 0.3) is 0 Å². The minimum Gasteiger partial charge on any atom is -0.482 e. The molecule has 1 aliphatic rings. The predicted molar refractivity (Wildman–Crippen MR) is 67.1 cm³/mol. The Balaban J connectivity index is 1.81. The fourth-order valence-electron chi connectivity index (χ4n) is 1.74. The molecule has 1 aliphatic heterocycles. The van der Waals surface area contributed by atoms with Crippen molar-refractivity contribution in [1.82, 2.24) is 10.2 Å². The van der Waals surface area contributed by atoms with Gasteiger partial charge in [0.25, 0.3) is 11.8 Å². The number of aromatic amines is 1. The van der Waals surface area contributed by atoms with Gasteiger partial charge in [-0.2, -0.15) is 5.10 Å². The van der Waals surface area contributed by atoms with E-state index in [1.165, 1.54) is 6.20 Å². The Labute approximate surface area is 108 Å². The summed E-state index contributed by atoms with van der Waals surface area (Å²) < 4.78 is 5.23. The van der Waals surface area contributed by atoms with Gasteiger partial charge in [0.15, 0.2) is 6.61 Å². The van der Waals surface area contributed by atoms with E-state index in [-0.39, 0.29) is 18.4 Å². The number of benzene rings is 1. The first kappa shape index (κ1) is 11.3. The number of rotatable bonds is 2. The number of carbonyl (C=O) groups is 2. The zero-order valence-corrected chi connectivity index (χ0v) is 9.77. The molecule has 3 N–H and O–H groups in total.